The lowest BCUT2D eigenvalue weighted by Crippen LogP contribution is -2.13. The van der Waals surface area contributed by atoms with Gasteiger partial charge in [-0.3, -0.25) is 0 Å². The van der Waals surface area contributed by atoms with Crippen LogP contribution in [0.25, 0.3) is 0 Å². The second-order valence-corrected chi connectivity index (χ2v) is 4.92. The van der Waals surface area contributed by atoms with Crippen LogP contribution in [0.1, 0.15) is 22.7 Å². The molecule has 4 heteroatoms. The van der Waals surface area contributed by atoms with Gasteiger partial charge in [0.25, 0.3) is 0 Å². The minimum absolute atomic E-state index is 0.274. The van der Waals surface area contributed by atoms with Gasteiger partial charge in [0.15, 0.2) is 0 Å². The van der Waals surface area contributed by atoms with Gasteiger partial charge in [0.2, 0.25) is 0 Å². The minimum Gasteiger partial charge on any atom is -0.320 e. The summed E-state index contributed by atoms with van der Waals surface area (Å²) in [5.74, 6) is -0.633. The zero-order chi connectivity index (χ0) is 13.3. The van der Waals surface area contributed by atoms with Crippen LogP contribution in [0.5, 0.6) is 0 Å². The third-order valence-corrected chi connectivity index (χ3v) is 3.69. The van der Waals surface area contributed by atoms with E-state index in [0.29, 0.717) is 15.6 Å². The van der Waals surface area contributed by atoms with Crippen molar-refractivity contribution in [3.05, 3.63) is 69.2 Å². The molecule has 0 amide bonds. The molecule has 0 spiro atoms. The molecule has 2 aromatic carbocycles. The van der Waals surface area contributed by atoms with Crippen LogP contribution in [0, 0.1) is 18.6 Å². The standard InChI is InChI=1S/C14H12BrF2N/c1-8-7-9(5-6-11(8)16)14(18)10-3-2-4-12(17)13(10)15/h2-7,14H,18H2,1H3. The van der Waals surface area contributed by atoms with Crippen LogP contribution in [0.4, 0.5) is 8.78 Å². The van der Waals surface area contributed by atoms with Crippen molar-refractivity contribution < 1.29 is 8.78 Å². The molecule has 1 atom stereocenters. The van der Waals surface area contributed by atoms with Crippen LogP contribution in [0.2, 0.25) is 0 Å². The van der Waals surface area contributed by atoms with Crippen molar-refractivity contribution in [1.82, 2.24) is 0 Å². The molecule has 2 rings (SSSR count). The van der Waals surface area contributed by atoms with Gasteiger partial charge in [-0.2, -0.15) is 0 Å². The maximum Gasteiger partial charge on any atom is 0.137 e. The average Bonchev–Trinajstić information content (AvgIpc) is 2.35. The summed E-state index contributed by atoms with van der Waals surface area (Å²) in [4.78, 5) is 0. The molecule has 2 N–H and O–H groups in total. The summed E-state index contributed by atoms with van der Waals surface area (Å²) in [6, 6.07) is 8.88. The van der Waals surface area contributed by atoms with Crippen molar-refractivity contribution >= 4 is 15.9 Å². The summed E-state index contributed by atoms with van der Waals surface area (Å²) in [5, 5.41) is 0. The second-order valence-electron chi connectivity index (χ2n) is 4.13. The highest BCUT2D eigenvalue weighted by Crippen LogP contribution is 2.29. The van der Waals surface area contributed by atoms with E-state index in [1.165, 1.54) is 12.1 Å². The van der Waals surface area contributed by atoms with Gasteiger partial charge >= 0.3 is 0 Å². The SMILES string of the molecule is Cc1cc(C(N)c2cccc(F)c2Br)ccc1F. The maximum atomic E-state index is 13.4. The topological polar surface area (TPSA) is 26.0 Å². The molecule has 1 nitrogen and oxygen atoms in total. The molecular formula is C14H12BrF2N. The normalized spacial score (nSPS) is 12.5. The highest BCUT2D eigenvalue weighted by molar-refractivity contribution is 9.10. The monoisotopic (exact) mass is 311 g/mol. The van der Waals surface area contributed by atoms with Crippen LogP contribution in [0.15, 0.2) is 40.9 Å². The number of halogens is 3. The lowest BCUT2D eigenvalue weighted by atomic mass is 9.98. The Balaban J connectivity index is 2.44. The van der Waals surface area contributed by atoms with E-state index in [4.69, 9.17) is 5.73 Å². The van der Waals surface area contributed by atoms with E-state index in [-0.39, 0.29) is 11.6 Å². The average molecular weight is 312 g/mol. The van der Waals surface area contributed by atoms with Gasteiger partial charge in [0, 0.05) is 0 Å². The molecule has 0 aliphatic rings. The third kappa shape index (κ3) is 2.44. The van der Waals surface area contributed by atoms with Gasteiger partial charge in [-0.15, -0.1) is 0 Å². The minimum atomic E-state index is -0.491. The highest BCUT2D eigenvalue weighted by Gasteiger charge is 2.15. The Morgan fingerprint density at radius 1 is 1.11 bits per heavy atom. The van der Waals surface area contributed by atoms with E-state index in [0.717, 1.165) is 5.56 Å². The third-order valence-electron chi connectivity index (χ3n) is 2.86. The summed E-state index contributed by atoms with van der Waals surface area (Å²) in [5.41, 5.74) is 8.00. The molecular weight excluding hydrogens is 300 g/mol. The Morgan fingerprint density at radius 2 is 1.83 bits per heavy atom. The van der Waals surface area contributed by atoms with Crippen molar-refractivity contribution in [3.8, 4) is 0 Å². The maximum absolute atomic E-state index is 13.4. The van der Waals surface area contributed by atoms with Crippen molar-refractivity contribution in [2.75, 3.05) is 0 Å². The van der Waals surface area contributed by atoms with Crippen molar-refractivity contribution in [3.63, 3.8) is 0 Å². The first-order chi connectivity index (χ1) is 8.50. The summed E-state index contributed by atoms with van der Waals surface area (Å²) >= 11 is 3.18. The first kappa shape index (κ1) is 13.2. The number of aryl methyl sites for hydroxylation is 1. The molecule has 0 fully saturated rings. The Hall–Kier alpha value is -1.26. The van der Waals surface area contributed by atoms with Gasteiger partial charge in [-0.25, -0.2) is 8.78 Å². The molecule has 18 heavy (non-hydrogen) atoms. The smallest absolute Gasteiger partial charge is 0.137 e. The van der Waals surface area contributed by atoms with E-state index >= 15 is 0 Å². The largest absolute Gasteiger partial charge is 0.320 e. The quantitative estimate of drug-likeness (QED) is 0.888. The Morgan fingerprint density at radius 3 is 2.50 bits per heavy atom. The van der Waals surface area contributed by atoms with Gasteiger partial charge in [0.1, 0.15) is 11.6 Å². The first-order valence-corrected chi connectivity index (χ1v) is 6.25. The fourth-order valence-electron chi connectivity index (χ4n) is 1.80. The number of benzene rings is 2. The molecule has 0 aliphatic carbocycles. The Kier molecular flexibility index (Phi) is 3.78. The molecule has 0 saturated carbocycles. The fourth-order valence-corrected chi connectivity index (χ4v) is 2.31. The zero-order valence-electron chi connectivity index (χ0n) is 9.75. The molecule has 2 aromatic rings. The van der Waals surface area contributed by atoms with Crippen LogP contribution in [-0.4, -0.2) is 0 Å². The molecule has 94 valence electrons. The van der Waals surface area contributed by atoms with Gasteiger partial charge in [-0.1, -0.05) is 24.3 Å². The molecule has 0 bridgehead atoms. The van der Waals surface area contributed by atoms with E-state index in [9.17, 15) is 8.78 Å². The van der Waals surface area contributed by atoms with E-state index in [1.807, 2.05) is 0 Å². The van der Waals surface area contributed by atoms with Crippen molar-refractivity contribution in [2.24, 2.45) is 5.73 Å². The van der Waals surface area contributed by atoms with E-state index < -0.39 is 6.04 Å². The number of nitrogens with two attached hydrogens (primary N) is 1. The van der Waals surface area contributed by atoms with Gasteiger partial charge in [0.05, 0.1) is 10.5 Å². The highest BCUT2D eigenvalue weighted by atomic mass is 79.9. The summed E-state index contributed by atoms with van der Waals surface area (Å²) in [6.45, 7) is 1.67. The predicted molar refractivity (Wildman–Crippen MR) is 71.3 cm³/mol. The lowest BCUT2D eigenvalue weighted by molar-refractivity contribution is 0.612. The van der Waals surface area contributed by atoms with Crippen molar-refractivity contribution in [2.45, 2.75) is 13.0 Å². The molecule has 0 heterocycles. The lowest BCUT2D eigenvalue weighted by Gasteiger charge is -2.15. The summed E-state index contributed by atoms with van der Waals surface area (Å²) < 4.78 is 27.0. The zero-order valence-corrected chi connectivity index (χ0v) is 11.3. The Labute approximate surface area is 113 Å². The number of hydrogen-bond acceptors (Lipinski definition) is 1. The number of rotatable bonds is 2. The van der Waals surface area contributed by atoms with Crippen LogP contribution >= 0.6 is 15.9 Å². The van der Waals surface area contributed by atoms with Crippen LogP contribution < -0.4 is 5.73 Å². The fraction of sp³-hybridized carbons (Fsp3) is 0.143. The summed E-state index contributed by atoms with van der Waals surface area (Å²) in [6.07, 6.45) is 0. The number of hydrogen-bond donors (Lipinski definition) is 1. The van der Waals surface area contributed by atoms with Crippen LogP contribution in [-0.2, 0) is 0 Å². The Bertz CT molecular complexity index is 584. The van der Waals surface area contributed by atoms with E-state index in [1.54, 1.807) is 31.2 Å². The molecule has 0 radical (unpaired) electrons. The molecule has 0 saturated heterocycles. The van der Waals surface area contributed by atoms with Crippen LogP contribution in [0.3, 0.4) is 0 Å². The van der Waals surface area contributed by atoms with Crippen molar-refractivity contribution in [1.29, 1.82) is 0 Å². The van der Waals surface area contributed by atoms with Gasteiger partial charge < -0.3 is 5.73 Å². The second kappa shape index (κ2) is 5.16. The van der Waals surface area contributed by atoms with Gasteiger partial charge in [-0.05, 0) is 51.7 Å². The molecule has 0 aliphatic heterocycles. The molecule has 1 unspecified atom stereocenters. The predicted octanol–water partition coefficient (Wildman–Crippen LogP) is 4.08. The first-order valence-electron chi connectivity index (χ1n) is 5.46. The molecule has 0 aromatic heterocycles. The van der Waals surface area contributed by atoms with E-state index in [2.05, 4.69) is 15.9 Å². The summed E-state index contributed by atoms with van der Waals surface area (Å²) in [7, 11) is 0.